The second-order valence-electron chi connectivity index (χ2n) is 3.19. The van der Waals surface area contributed by atoms with Gasteiger partial charge in [0, 0.05) is 0 Å². The number of anilines is 2. The first-order valence-corrected chi connectivity index (χ1v) is 6.82. The van der Waals surface area contributed by atoms with E-state index in [0.717, 1.165) is 11.3 Å². The van der Waals surface area contributed by atoms with Crippen LogP contribution in [0.15, 0.2) is 44.8 Å². The number of para-hydroxylation sites is 1. The molecular weight excluding hydrogens is 244 g/mol. The number of sulfone groups is 1. The van der Waals surface area contributed by atoms with Crippen molar-refractivity contribution in [2.45, 2.75) is 9.10 Å². The van der Waals surface area contributed by atoms with E-state index in [2.05, 4.69) is 0 Å². The summed E-state index contributed by atoms with van der Waals surface area (Å²) in [7, 11) is -3.54. The molecule has 0 radical (unpaired) electrons. The largest absolute Gasteiger partial charge is 0.397 e. The molecule has 16 heavy (non-hydrogen) atoms. The van der Waals surface area contributed by atoms with Crippen LogP contribution in [0.4, 0.5) is 11.4 Å². The number of benzene rings is 1. The maximum absolute atomic E-state index is 12.1. The summed E-state index contributed by atoms with van der Waals surface area (Å²) >= 11 is 1.15. The smallest absolute Gasteiger partial charge is 0.218 e. The van der Waals surface area contributed by atoms with Crippen LogP contribution in [0.2, 0.25) is 0 Å². The van der Waals surface area contributed by atoms with Crippen molar-refractivity contribution in [1.82, 2.24) is 0 Å². The maximum atomic E-state index is 12.1. The van der Waals surface area contributed by atoms with Gasteiger partial charge in [0.2, 0.25) is 9.84 Å². The molecule has 0 fully saturated rings. The van der Waals surface area contributed by atoms with Crippen LogP contribution in [0.3, 0.4) is 0 Å². The molecule has 1 aromatic carbocycles. The minimum absolute atomic E-state index is 0.0648. The van der Waals surface area contributed by atoms with E-state index in [4.69, 9.17) is 11.5 Å². The van der Waals surface area contributed by atoms with E-state index >= 15 is 0 Å². The molecule has 0 saturated heterocycles. The van der Waals surface area contributed by atoms with E-state index in [-0.39, 0.29) is 20.5 Å². The van der Waals surface area contributed by atoms with Crippen molar-refractivity contribution in [3.63, 3.8) is 0 Å². The van der Waals surface area contributed by atoms with Gasteiger partial charge in [-0.15, -0.1) is 11.3 Å². The number of nitrogens with two attached hydrogens (primary N) is 2. The Labute approximate surface area is 97.4 Å². The molecule has 0 saturated carbocycles. The standard InChI is InChI=1S/C10H10N2O2S2/c11-7-3-1-4-8(10(7)12)16(13,14)9-5-2-6-15-9/h1-6H,11-12H2. The number of hydrogen-bond acceptors (Lipinski definition) is 5. The van der Waals surface area contributed by atoms with Gasteiger partial charge < -0.3 is 11.5 Å². The van der Waals surface area contributed by atoms with Crippen LogP contribution in [0, 0.1) is 0 Å². The summed E-state index contributed by atoms with van der Waals surface area (Å²) in [5.74, 6) is 0. The predicted octanol–water partition coefficient (Wildman–Crippen LogP) is 1.75. The van der Waals surface area contributed by atoms with Crippen molar-refractivity contribution < 1.29 is 8.42 Å². The summed E-state index contributed by atoms with van der Waals surface area (Å²) in [5.41, 5.74) is 11.6. The van der Waals surface area contributed by atoms with Gasteiger partial charge >= 0.3 is 0 Å². The molecule has 0 aliphatic rings. The van der Waals surface area contributed by atoms with Crippen molar-refractivity contribution in [1.29, 1.82) is 0 Å². The molecule has 4 nitrogen and oxygen atoms in total. The van der Waals surface area contributed by atoms with E-state index in [1.54, 1.807) is 29.6 Å². The minimum atomic E-state index is -3.54. The van der Waals surface area contributed by atoms with Crippen LogP contribution in [-0.4, -0.2) is 8.42 Å². The molecule has 2 aromatic rings. The van der Waals surface area contributed by atoms with Crippen LogP contribution >= 0.6 is 11.3 Å². The summed E-state index contributed by atoms with van der Waals surface area (Å²) in [6, 6.07) is 7.83. The Morgan fingerprint density at radius 3 is 2.44 bits per heavy atom. The lowest BCUT2D eigenvalue weighted by atomic mass is 10.3. The van der Waals surface area contributed by atoms with Crippen molar-refractivity contribution in [3.05, 3.63) is 35.7 Å². The molecule has 0 aliphatic carbocycles. The summed E-state index contributed by atoms with van der Waals surface area (Å²) in [4.78, 5) is 0.0648. The molecule has 2 rings (SSSR count). The molecule has 0 unspecified atom stereocenters. The fraction of sp³-hybridized carbons (Fsp3) is 0. The SMILES string of the molecule is Nc1cccc(S(=O)(=O)c2cccs2)c1N. The van der Waals surface area contributed by atoms with Gasteiger partial charge in [-0.2, -0.15) is 0 Å². The highest BCUT2D eigenvalue weighted by Crippen LogP contribution is 2.31. The molecule has 1 heterocycles. The summed E-state index contributed by atoms with van der Waals surface area (Å²) in [6.45, 7) is 0. The number of nitrogen functional groups attached to an aromatic ring is 2. The number of rotatable bonds is 2. The second kappa shape index (κ2) is 3.80. The van der Waals surface area contributed by atoms with Gasteiger partial charge in [-0.3, -0.25) is 0 Å². The average Bonchev–Trinajstić information content (AvgIpc) is 2.75. The third-order valence-corrected chi connectivity index (χ3v) is 5.36. The van der Waals surface area contributed by atoms with E-state index < -0.39 is 9.84 Å². The topological polar surface area (TPSA) is 86.2 Å². The highest BCUT2D eigenvalue weighted by Gasteiger charge is 2.21. The third kappa shape index (κ3) is 1.66. The fourth-order valence-corrected chi connectivity index (χ4v) is 3.85. The van der Waals surface area contributed by atoms with Gasteiger partial charge in [0.25, 0.3) is 0 Å². The molecule has 0 aliphatic heterocycles. The molecule has 84 valence electrons. The fourth-order valence-electron chi connectivity index (χ4n) is 1.32. The van der Waals surface area contributed by atoms with E-state index in [9.17, 15) is 8.42 Å². The van der Waals surface area contributed by atoms with Gasteiger partial charge in [0.05, 0.1) is 16.3 Å². The Bertz CT molecular complexity index is 604. The third-order valence-electron chi connectivity index (χ3n) is 2.15. The van der Waals surface area contributed by atoms with E-state index in [0.29, 0.717) is 0 Å². The Hall–Kier alpha value is -1.53. The first-order chi connectivity index (χ1) is 7.53. The Morgan fingerprint density at radius 2 is 1.81 bits per heavy atom. The zero-order chi connectivity index (χ0) is 11.8. The van der Waals surface area contributed by atoms with Crippen molar-refractivity contribution in [2.24, 2.45) is 0 Å². The normalized spacial score (nSPS) is 11.5. The van der Waals surface area contributed by atoms with Gasteiger partial charge in [-0.1, -0.05) is 12.1 Å². The molecule has 0 spiro atoms. The lowest BCUT2D eigenvalue weighted by Crippen LogP contribution is -2.06. The molecule has 4 N–H and O–H groups in total. The molecule has 0 atom stereocenters. The quantitative estimate of drug-likeness (QED) is 0.799. The lowest BCUT2D eigenvalue weighted by molar-refractivity contribution is 0.598. The molecular formula is C10H10N2O2S2. The number of thiophene rings is 1. The highest BCUT2D eigenvalue weighted by molar-refractivity contribution is 7.93. The van der Waals surface area contributed by atoms with Gasteiger partial charge in [0.1, 0.15) is 4.21 Å². The van der Waals surface area contributed by atoms with Crippen molar-refractivity contribution >= 4 is 32.5 Å². The first kappa shape index (κ1) is 11.0. The van der Waals surface area contributed by atoms with Crippen LogP contribution in [-0.2, 0) is 9.84 Å². The van der Waals surface area contributed by atoms with E-state index in [1.165, 1.54) is 6.07 Å². The predicted molar refractivity (Wildman–Crippen MR) is 65.0 cm³/mol. The number of hydrogen-bond donors (Lipinski definition) is 2. The average molecular weight is 254 g/mol. The zero-order valence-electron chi connectivity index (χ0n) is 8.25. The molecule has 1 aromatic heterocycles. The zero-order valence-corrected chi connectivity index (χ0v) is 9.88. The molecule has 0 bridgehead atoms. The van der Waals surface area contributed by atoms with Gasteiger partial charge in [-0.25, -0.2) is 8.42 Å². The van der Waals surface area contributed by atoms with Crippen LogP contribution in [0.5, 0.6) is 0 Å². The van der Waals surface area contributed by atoms with Crippen molar-refractivity contribution in [2.75, 3.05) is 11.5 Å². The monoisotopic (exact) mass is 254 g/mol. The molecule has 0 amide bonds. The highest BCUT2D eigenvalue weighted by atomic mass is 32.2. The summed E-state index contributed by atoms with van der Waals surface area (Å²) in [6.07, 6.45) is 0. The molecule has 6 heteroatoms. The first-order valence-electron chi connectivity index (χ1n) is 4.46. The minimum Gasteiger partial charge on any atom is -0.397 e. The lowest BCUT2D eigenvalue weighted by Gasteiger charge is -2.07. The van der Waals surface area contributed by atoms with Crippen LogP contribution < -0.4 is 11.5 Å². The second-order valence-corrected chi connectivity index (χ2v) is 6.29. The van der Waals surface area contributed by atoms with Gasteiger partial charge in [0.15, 0.2) is 0 Å². The van der Waals surface area contributed by atoms with Gasteiger partial charge in [-0.05, 0) is 23.6 Å². The van der Waals surface area contributed by atoms with Crippen LogP contribution in [0.25, 0.3) is 0 Å². The maximum Gasteiger partial charge on any atom is 0.218 e. The Balaban J connectivity index is 2.66. The summed E-state index contributed by atoms with van der Waals surface area (Å²) < 4.78 is 24.6. The van der Waals surface area contributed by atoms with E-state index in [1.807, 2.05) is 0 Å². The Kier molecular flexibility index (Phi) is 2.61. The van der Waals surface area contributed by atoms with Crippen LogP contribution in [0.1, 0.15) is 0 Å². The Morgan fingerprint density at radius 1 is 1.06 bits per heavy atom. The van der Waals surface area contributed by atoms with Crippen molar-refractivity contribution in [3.8, 4) is 0 Å². The summed E-state index contributed by atoms with van der Waals surface area (Å²) in [5, 5.41) is 1.70.